The summed E-state index contributed by atoms with van der Waals surface area (Å²) in [6.45, 7) is 24.0. The molecule has 0 radical (unpaired) electrons. The quantitative estimate of drug-likeness (QED) is 0.0702. The van der Waals surface area contributed by atoms with Crippen LogP contribution in [0.3, 0.4) is 0 Å². The first-order valence-corrected chi connectivity index (χ1v) is 20.2. The second-order valence-electron chi connectivity index (χ2n) is 10.8. The van der Waals surface area contributed by atoms with Gasteiger partial charge in [0.15, 0.2) is 0 Å². The first-order valence-electron chi connectivity index (χ1n) is 20.2. The maximum Gasteiger partial charge on any atom is 0.0430 e. The van der Waals surface area contributed by atoms with Crippen LogP contribution in [-0.2, 0) is 86.9 Å². The van der Waals surface area contributed by atoms with Crippen molar-refractivity contribution >= 4 is 0 Å². The molecule has 0 fully saturated rings. The van der Waals surface area contributed by atoms with Crippen molar-refractivity contribution in [3.05, 3.63) is 0 Å². The smallest absolute Gasteiger partial charge is 0.0430 e. The van der Waals surface area contributed by atoms with Gasteiger partial charge in [0.25, 0.3) is 0 Å². The fraction of sp³-hybridized carbons (Fsp3) is 1.00. The Morgan fingerprint density at radius 3 is 0.228 bits per heavy atom. The molecule has 0 heterocycles. The van der Waals surface area contributed by atoms with E-state index >= 15 is 0 Å². The predicted molar refractivity (Wildman–Crippen MR) is 231 cm³/mol. The minimum absolute atomic E-state index is 0. The molecule has 0 saturated heterocycles. The van der Waals surface area contributed by atoms with Crippen LogP contribution in [0.1, 0.15) is 198 Å². The van der Waals surface area contributed by atoms with Crippen LogP contribution in [0.5, 0.6) is 0 Å². The third-order valence-corrected chi connectivity index (χ3v) is 5.12. The third-order valence-electron chi connectivity index (χ3n) is 5.12. The summed E-state index contributed by atoms with van der Waals surface area (Å²) in [5, 5.41) is 80.7. The summed E-state index contributed by atoms with van der Waals surface area (Å²) in [7, 11) is 0. The van der Waals surface area contributed by atoms with E-state index in [0.29, 0.717) is 66.1 Å². The van der Waals surface area contributed by atoms with Crippen LogP contribution in [0.15, 0.2) is 0 Å². The maximum absolute atomic E-state index is 8.07. The Balaban J connectivity index is -0.0000000205. The minimum Gasteiger partial charge on any atom is -0.412 e. The SMILES string of the molecule is CCCCO.CCCCO.CCCCO.CCCCO.CCCCO.CCCCO.CCCCO.CCCCO.CCCCO.CCCCO.O.O.O.[Ti].[Ti].[Ti].[Ti]. The first-order chi connectivity index (χ1) is 24.1. The van der Waals surface area contributed by atoms with E-state index < -0.39 is 0 Å². The molecule has 0 amide bonds. The van der Waals surface area contributed by atoms with Crippen LogP contribution in [0.4, 0.5) is 0 Å². The topological polar surface area (TPSA) is 297 Å². The molecule has 17 heteroatoms. The van der Waals surface area contributed by atoms with Gasteiger partial charge in [-0.2, -0.15) is 0 Å². The van der Waals surface area contributed by atoms with Crippen molar-refractivity contribution in [2.45, 2.75) is 198 Å². The van der Waals surface area contributed by atoms with Gasteiger partial charge in [0, 0.05) is 153 Å². The number of unbranched alkanes of at least 4 members (excludes halogenated alkanes) is 10. The van der Waals surface area contributed by atoms with Crippen LogP contribution < -0.4 is 0 Å². The van der Waals surface area contributed by atoms with Gasteiger partial charge in [-0.3, -0.25) is 0 Å². The van der Waals surface area contributed by atoms with E-state index in [1.807, 2.05) is 0 Å². The molecule has 0 aromatic rings. The molecule has 0 rings (SSSR count). The van der Waals surface area contributed by atoms with Crippen molar-refractivity contribution in [1.29, 1.82) is 0 Å². The van der Waals surface area contributed by atoms with Crippen molar-refractivity contribution in [1.82, 2.24) is 0 Å². The van der Waals surface area contributed by atoms with Crippen LogP contribution in [0.2, 0.25) is 0 Å². The molecule has 0 aliphatic heterocycles. The third kappa shape index (κ3) is 371. The Hall–Kier alpha value is 2.34. The van der Waals surface area contributed by atoms with Crippen LogP contribution in [0.25, 0.3) is 0 Å². The van der Waals surface area contributed by atoms with Crippen molar-refractivity contribution < 1.29 is 154 Å². The molecule has 0 aliphatic carbocycles. The van der Waals surface area contributed by atoms with Gasteiger partial charge < -0.3 is 67.5 Å². The van der Waals surface area contributed by atoms with E-state index in [-0.39, 0.29) is 103 Å². The molecule has 0 spiro atoms. The number of aliphatic hydroxyl groups is 10. The maximum atomic E-state index is 8.07. The van der Waals surface area contributed by atoms with Gasteiger partial charge in [0.05, 0.1) is 0 Å². The first kappa shape index (κ1) is 113. The Kier molecular flexibility index (Phi) is 363. The Morgan fingerprint density at radius 2 is 0.228 bits per heavy atom. The summed E-state index contributed by atoms with van der Waals surface area (Å²) in [4.78, 5) is 0. The summed E-state index contributed by atoms with van der Waals surface area (Å²) in [5.74, 6) is 0. The Bertz CT molecular complexity index is 238. The second-order valence-corrected chi connectivity index (χ2v) is 10.8. The summed E-state index contributed by atoms with van der Waals surface area (Å²) in [6, 6.07) is 0. The fourth-order valence-electron chi connectivity index (χ4n) is 1.58. The summed E-state index contributed by atoms with van der Waals surface area (Å²) < 4.78 is 0. The molecular formula is C40H106O13Ti4. The van der Waals surface area contributed by atoms with Crippen molar-refractivity contribution in [3.8, 4) is 0 Å². The number of hydrogen-bond donors (Lipinski definition) is 10. The van der Waals surface area contributed by atoms with Gasteiger partial charge >= 0.3 is 0 Å². The van der Waals surface area contributed by atoms with Gasteiger partial charge in [-0.1, -0.05) is 133 Å². The second kappa shape index (κ2) is 183. The normalized spacial score (nSPS) is 7.37. The molecule has 0 unspecified atom stereocenters. The predicted octanol–water partition coefficient (Wildman–Crippen LogP) is 5.30. The van der Waals surface area contributed by atoms with E-state index in [2.05, 4.69) is 69.2 Å². The van der Waals surface area contributed by atoms with Crippen LogP contribution in [0, 0.1) is 0 Å². The summed E-state index contributed by atoms with van der Waals surface area (Å²) >= 11 is 0. The molecule has 0 saturated carbocycles. The van der Waals surface area contributed by atoms with Gasteiger partial charge in [0.1, 0.15) is 0 Å². The number of hydrogen-bond acceptors (Lipinski definition) is 10. The molecule has 0 aromatic carbocycles. The molecule has 0 bridgehead atoms. The summed E-state index contributed by atoms with van der Waals surface area (Å²) in [5.41, 5.74) is 0. The number of aliphatic hydroxyl groups excluding tert-OH is 10. The molecule has 13 nitrogen and oxygen atoms in total. The molecule has 360 valence electrons. The standard InChI is InChI=1S/10C4H10O.3H2O.4Ti/c10*1-2-3-4-5;;;;;;;/h10*5H,2-4H2,1H3;3*1H2;;;;. The largest absolute Gasteiger partial charge is 0.412 e. The summed E-state index contributed by atoms with van der Waals surface area (Å²) in [6.07, 6.45) is 20.4. The number of rotatable bonds is 20. The molecule has 0 aromatic heterocycles. The average molecular weight is 987 g/mol. The minimum atomic E-state index is 0. The molecule has 0 atom stereocenters. The molecular weight excluding hydrogens is 880 g/mol. The zero-order chi connectivity index (χ0) is 41.2. The Morgan fingerprint density at radius 1 is 0.175 bits per heavy atom. The molecule has 16 N–H and O–H groups in total. The zero-order valence-electron chi connectivity index (χ0n) is 39.2. The molecule has 0 aliphatic rings. The van der Waals surface area contributed by atoms with Crippen LogP contribution >= 0.6 is 0 Å². The van der Waals surface area contributed by atoms with Crippen molar-refractivity contribution in [2.75, 3.05) is 66.1 Å². The van der Waals surface area contributed by atoms with Gasteiger partial charge in [0.2, 0.25) is 0 Å². The van der Waals surface area contributed by atoms with E-state index in [4.69, 9.17) is 51.1 Å². The van der Waals surface area contributed by atoms with Gasteiger partial charge in [-0.05, 0) is 64.2 Å². The van der Waals surface area contributed by atoms with Crippen molar-refractivity contribution in [2.24, 2.45) is 0 Å². The monoisotopic (exact) mass is 987 g/mol. The van der Waals surface area contributed by atoms with E-state index in [9.17, 15) is 0 Å². The van der Waals surface area contributed by atoms with E-state index in [1.165, 1.54) is 0 Å². The van der Waals surface area contributed by atoms with Gasteiger partial charge in [-0.25, -0.2) is 0 Å². The fourth-order valence-corrected chi connectivity index (χ4v) is 1.58. The van der Waals surface area contributed by atoms with Gasteiger partial charge in [-0.15, -0.1) is 0 Å². The van der Waals surface area contributed by atoms with Crippen molar-refractivity contribution in [3.63, 3.8) is 0 Å². The zero-order valence-corrected chi connectivity index (χ0v) is 45.4. The molecule has 57 heavy (non-hydrogen) atoms. The van der Waals surface area contributed by atoms with Crippen LogP contribution in [-0.4, -0.2) is 134 Å². The van der Waals surface area contributed by atoms with E-state index in [0.717, 1.165) is 128 Å². The van der Waals surface area contributed by atoms with E-state index in [1.54, 1.807) is 0 Å². The average Bonchev–Trinajstić information content (AvgIpc) is 3.11. The Labute approximate surface area is 414 Å².